The first-order chi connectivity index (χ1) is 4.97. The minimum atomic E-state index is 0. The first-order valence-electron chi connectivity index (χ1n) is 3.18. The van der Waals surface area contributed by atoms with E-state index in [0.29, 0.717) is 0 Å². The number of nitrogens with zero attached hydrogens (tertiary/aromatic N) is 1. The molecule has 2 aromatic rings. The maximum absolute atomic E-state index is 4.13. The van der Waals surface area contributed by atoms with Gasteiger partial charge in [-0.3, -0.25) is 4.98 Å². The molecule has 0 saturated carbocycles. The van der Waals surface area contributed by atoms with Crippen molar-refractivity contribution in [2.45, 2.75) is 0 Å². The monoisotopic (exact) mass is 151 g/mol. The van der Waals surface area contributed by atoms with Crippen LogP contribution in [0.15, 0.2) is 36.5 Å². The van der Waals surface area contributed by atoms with E-state index in [4.69, 9.17) is 0 Å². The van der Waals surface area contributed by atoms with Gasteiger partial charge in [0.2, 0.25) is 0 Å². The molecule has 0 bridgehead atoms. The van der Waals surface area contributed by atoms with Gasteiger partial charge in [0, 0.05) is 0 Å². The molecule has 0 aliphatic rings. The van der Waals surface area contributed by atoms with Gasteiger partial charge in [0.15, 0.2) is 0 Å². The molecule has 11 heavy (non-hydrogen) atoms. The molecule has 0 N–H and O–H groups in total. The van der Waals surface area contributed by atoms with E-state index in [1.807, 2.05) is 30.3 Å². The number of para-hydroxylation sites is 1. The summed E-state index contributed by atoms with van der Waals surface area (Å²) in [7, 11) is 0. The molecule has 2 heteroatoms. The zero-order valence-electron chi connectivity index (χ0n) is 6.41. The molecule has 0 unspecified atom stereocenters. The Hall–Kier alpha value is -0.370. The van der Waals surface area contributed by atoms with Crippen molar-refractivity contribution >= 4 is 10.9 Å². The summed E-state index contributed by atoms with van der Waals surface area (Å²) in [6, 6.07) is 12.9. The standard InChI is InChI=1S/C9H6N.Na/c1-2-6-9-8(4-1)5-3-7-10-9;/h1-2,4-7H;/q-1;+1. The summed E-state index contributed by atoms with van der Waals surface area (Å²) in [5.41, 5.74) is 1.03. The van der Waals surface area contributed by atoms with Gasteiger partial charge in [0.1, 0.15) is 0 Å². The van der Waals surface area contributed by atoms with Crippen molar-refractivity contribution in [3.63, 3.8) is 0 Å². The maximum atomic E-state index is 4.13. The van der Waals surface area contributed by atoms with Gasteiger partial charge in [-0.05, 0) is 5.52 Å². The molecule has 0 amide bonds. The van der Waals surface area contributed by atoms with Gasteiger partial charge in [0.05, 0.1) is 0 Å². The molecule has 1 aromatic heterocycles. The molecule has 1 heterocycles. The fourth-order valence-corrected chi connectivity index (χ4v) is 0.961. The van der Waals surface area contributed by atoms with Crippen molar-refractivity contribution in [3.8, 4) is 0 Å². The smallest absolute Gasteiger partial charge is 0.296 e. The first kappa shape index (κ1) is 8.72. The number of rotatable bonds is 0. The molecule has 0 atom stereocenters. The van der Waals surface area contributed by atoms with Gasteiger partial charge in [-0.2, -0.15) is 0 Å². The van der Waals surface area contributed by atoms with E-state index in [1.54, 1.807) is 6.20 Å². The van der Waals surface area contributed by atoms with Crippen LogP contribution in [0.4, 0.5) is 0 Å². The molecule has 0 spiro atoms. The summed E-state index contributed by atoms with van der Waals surface area (Å²) >= 11 is 0. The van der Waals surface area contributed by atoms with Crippen molar-refractivity contribution in [2.24, 2.45) is 0 Å². The Labute approximate surface area is 87.7 Å². The molecule has 1 nitrogen and oxygen atoms in total. The van der Waals surface area contributed by atoms with E-state index in [1.165, 1.54) is 0 Å². The van der Waals surface area contributed by atoms with Gasteiger partial charge in [-0.25, -0.2) is 12.1 Å². The summed E-state index contributed by atoms with van der Waals surface area (Å²) in [5, 5.41) is 1.14. The van der Waals surface area contributed by atoms with E-state index < -0.39 is 0 Å². The average Bonchev–Trinajstić information content (AvgIpc) is 2.05. The van der Waals surface area contributed by atoms with Gasteiger partial charge >= 0.3 is 29.6 Å². The van der Waals surface area contributed by atoms with Gasteiger partial charge in [-0.15, -0.1) is 11.5 Å². The van der Waals surface area contributed by atoms with Crippen LogP contribution in [0.5, 0.6) is 0 Å². The molecule has 2 rings (SSSR count). The maximum Gasteiger partial charge on any atom is 1.00 e. The van der Waals surface area contributed by atoms with E-state index in [0.717, 1.165) is 10.9 Å². The number of aromatic nitrogens is 1. The minimum absolute atomic E-state index is 0. The van der Waals surface area contributed by atoms with Gasteiger partial charge < -0.3 is 0 Å². The summed E-state index contributed by atoms with van der Waals surface area (Å²) in [6.07, 6.45) is 1.68. The zero-order chi connectivity index (χ0) is 6.81. The van der Waals surface area contributed by atoms with Crippen LogP contribution in [0.3, 0.4) is 0 Å². The van der Waals surface area contributed by atoms with Crippen molar-refractivity contribution in [1.29, 1.82) is 0 Å². The Morgan fingerprint density at radius 3 is 2.82 bits per heavy atom. The number of hydrogen-bond acceptors (Lipinski definition) is 1. The summed E-state index contributed by atoms with van der Waals surface area (Å²) in [4.78, 5) is 4.13. The largest absolute Gasteiger partial charge is 1.00 e. The Kier molecular flexibility index (Phi) is 3.06. The van der Waals surface area contributed by atoms with E-state index in [2.05, 4.69) is 11.1 Å². The van der Waals surface area contributed by atoms with Crippen LogP contribution in [-0.4, -0.2) is 4.98 Å². The zero-order valence-corrected chi connectivity index (χ0v) is 8.41. The Balaban J connectivity index is 0.000000605. The van der Waals surface area contributed by atoms with Crippen LogP contribution in [0.1, 0.15) is 0 Å². The third-order valence-corrected chi connectivity index (χ3v) is 1.45. The number of fused-ring (bicyclic) bond motifs is 1. The SMILES string of the molecule is [Na+].[c-]1cnc2ccccc2c1. The second-order valence-electron chi connectivity index (χ2n) is 2.13. The Morgan fingerprint density at radius 1 is 1.18 bits per heavy atom. The van der Waals surface area contributed by atoms with Crippen LogP contribution in [0.2, 0.25) is 0 Å². The minimum Gasteiger partial charge on any atom is -0.296 e. The van der Waals surface area contributed by atoms with Crippen LogP contribution in [0.25, 0.3) is 10.9 Å². The topological polar surface area (TPSA) is 12.9 Å². The quantitative estimate of drug-likeness (QED) is 0.349. The first-order valence-corrected chi connectivity index (χ1v) is 3.18. The fraction of sp³-hybridized carbons (Fsp3) is 0. The van der Waals surface area contributed by atoms with E-state index in [9.17, 15) is 0 Å². The predicted octanol–water partition coefficient (Wildman–Crippen LogP) is -0.961. The summed E-state index contributed by atoms with van der Waals surface area (Å²) in [6.45, 7) is 0. The molecule has 0 fully saturated rings. The molecule has 1 aromatic carbocycles. The molecular weight excluding hydrogens is 145 g/mol. The molecule has 0 saturated heterocycles. The number of pyridine rings is 1. The molecular formula is C9H6NNa. The van der Waals surface area contributed by atoms with Gasteiger partial charge in [0.25, 0.3) is 0 Å². The Morgan fingerprint density at radius 2 is 2.00 bits per heavy atom. The molecule has 0 radical (unpaired) electrons. The third-order valence-electron chi connectivity index (χ3n) is 1.45. The van der Waals surface area contributed by atoms with Crippen LogP contribution in [0, 0.1) is 6.07 Å². The third kappa shape index (κ3) is 1.80. The van der Waals surface area contributed by atoms with Gasteiger partial charge in [-0.1, -0.05) is 24.4 Å². The Bertz CT molecular complexity index is 281. The van der Waals surface area contributed by atoms with E-state index in [-0.39, 0.29) is 29.6 Å². The predicted molar refractivity (Wildman–Crippen MR) is 40.6 cm³/mol. The van der Waals surface area contributed by atoms with Crippen molar-refractivity contribution < 1.29 is 29.6 Å². The van der Waals surface area contributed by atoms with E-state index >= 15 is 0 Å². The normalized spacial score (nSPS) is 9.09. The van der Waals surface area contributed by atoms with Crippen LogP contribution < -0.4 is 29.6 Å². The number of benzene rings is 1. The fourth-order valence-electron chi connectivity index (χ4n) is 0.961. The summed E-state index contributed by atoms with van der Waals surface area (Å²) in [5.74, 6) is 0. The van der Waals surface area contributed by atoms with Crippen molar-refractivity contribution in [1.82, 2.24) is 4.98 Å². The molecule has 48 valence electrons. The van der Waals surface area contributed by atoms with Crippen LogP contribution in [-0.2, 0) is 0 Å². The molecule has 0 aliphatic heterocycles. The summed E-state index contributed by atoms with van der Waals surface area (Å²) < 4.78 is 0. The second kappa shape index (κ2) is 3.86. The van der Waals surface area contributed by atoms with Crippen molar-refractivity contribution in [2.75, 3.05) is 0 Å². The van der Waals surface area contributed by atoms with Crippen LogP contribution >= 0.6 is 0 Å². The van der Waals surface area contributed by atoms with Crippen molar-refractivity contribution in [3.05, 3.63) is 42.6 Å². The number of hydrogen-bond donors (Lipinski definition) is 0. The molecule has 0 aliphatic carbocycles. The second-order valence-corrected chi connectivity index (χ2v) is 2.13. The average molecular weight is 151 g/mol.